The molecule has 0 aliphatic heterocycles. The molecule has 1 aromatic carbocycles. The molecule has 0 fully saturated rings. The monoisotopic (exact) mass is 305 g/mol. The number of hydrogen-bond acceptors (Lipinski definition) is 4. The maximum Gasteiger partial charge on any atom is 0.331 e. The van der Waals surface area contributed by atoms with Crippen LogP contribution in [0.15, 0.2) is 41.8 Å². The van der Waals surface area contributed by atoms with E-state index in [1.165, 1.54) is 11.3 Å². The lowest BCUT2D eigenvalue weighted by molar-refractivity contribution is -0.141. The van der Waals surface area contributed by atoms with E-state index in [0.717, 1.165) is 5.56 Å². The van der Waals surface area contributed by atoms with Crippen LogP contribution in [-0.4, -0.2) is 24.1 Å². The van der Waals surface area contributed by atoms with Crippen LogP contribution in [0, 0.1) is 0 Å². The summed E-state index contributed by atoms with van der Waals surface area (Å²) < 4.78 is 5.09. The van der Waals surface area contributed by atoms with Crippen molar-refractivity contribution in [1.82, 2.24) is 5.32 Å². The number of carboxylic acid groups (broad SMARTS) is 1. The van der Waals surface area contributed by atoms with E-state index >= 15 is 0 Å². The summed E-state index contributed by atoms with van der Waals surface area (Å²) in [7, 11) is 1.55. The minimum Gasteiger partial charge on any atom is -0.497 e. The van der Waals surface area contributed by atoms with Gasteiger partial charge in [0.2, 0.25) is 5.91 Å². The average Bonchev–Trinajstić information content (AvgIpc) is 2.98. The largest absolute Gasteiger partial charge is 0.497 e. The Labute approximate surface area is 126 Å². The van der Waals surface area contributed by atoms with Crippen LogP contribution in [-0.2, 0) is 16.0 Å². The van der Waals surface area contributed by atoms with Crippen LogP contribution in [0.25, 0.3) is 0 Å². The Balaban J connectivity index is 2.04. The zero-order chi connectivity index (χ0) is 15.2. The molecule has 2 aromatic rings. The number of hydrogen-bond donors (Lipinski definition) is 2. The molecule has 0 saturated heterocycles. The van der Waals surface area contributed by atoms with Crippen molar-refractivity contribution < 1.29 is 19.4 Å². The lowest BCUT2D eigenvalue weighted by atomic mass is 10.1. The topological polar surface area (TPSA) is 75.6 Å². The van der Waals surface area contributed by atoms with E-state index < -0.39 is 12.0 Å². The van der Waals surface area contributed by atoms with Gasteiger partial charge in [-0.25, -0.2) is 4.79 Å². The average molecular weight is 305 g/mol. The third-order valence-corrected chi connectivity index (χ3v) is 3.82. The Morgan fingerprint density at radius 3 is 2.76 bits per heavy atom. The number of nitrogens with one attached hydrogen (secondary N) is 1. The van der Waals surface area contributed by atoms with E-state index in [1.54, 1.807) is 48.9 Å². The fraction of sp³-hybridized carbons (Fsp3) is 0.200. The molecule has 1 amide bonds. The second-order valence-corrected chi connectivity index (χ2v) is 5.36. The first-order chi connectivity index (χ1) is 10.1. The Morgan fingerprint density at radius 2 is 2.14 bits per heavy atom. The van der Waals surface area contributed by atoms with E-state index in [-0.39, 0.29) is 12.3 Å². The summed E-state index contributed by atoms with van der Waals surface area (Å²) in [5.74, 6) is -0.756. The Kier molecular flexibility index (Phi) is 4.94. The van der Waals surface area contributed by atoms with Crippen molar-refractivity contribution in [3.05, 3.63) is 52.2 Å². The minimum absolute atomic E-state index is 0.104. The molecule has 21 heavy (non-hydrogen) atoms. The SMILES string of the molecule is COc1cccc(CC(=O)NC(C(=O)O)c2cccs2)c1. The zero-order valence-corrected chi connectivity index (χ0v) is 12.2. The standard InChI is InChI=1S/C15H15NO4S/c1-20-11-5-2-4-10(8-11)9-13(17)16-14(15(18)19)12-6-3-7-21-12/h2-8,14H,9H2,1H3,(H,16,17)(H,18,19). The van der Waals surface area contributed by atoms with Gasteiger partial charge in [0.1, 0.15) is 5.75 Å². The minimum atomic E-state index is -1.07. The molecule has 1 atom stereocenters. The lowest BCUT2D eigenvalue weighted by Gasteiger charge is -2.13. The normalized spacial score (nSPS) is 11.7. The van der Waals surface area contributed by atoms with Crippen molar-refractivity contribution in [2.24, 2.45) is 0 Å². The molecular weight excluding hydrogens is 290 g/mol. The van der Waals surface area contributed by atoms with Gasteiger partial charge in [0.05, 0.1) is 13.5 Å². The molecule has 5 nitrogen and oxygen atoms in total. The fourth-order valence-corrected chi connectivity index (χ4v) is 2.66. The first-order valence-electron chi connectivity index (χ1n) is 6.28. The second kappa shape index (κ2) is 6.90. The van der Waals surface area contributed by atoms with Gasteiger partial charge in [-0.3, -0.25) is 4.79 Å². The van der Waals surface area contributed by atoms with Gasteiger partial charge in [-0.15, -0.1) is 11.3 Å². The molecule has 0 aliphatic carbocycles. The highest BCUT2D eigenvalue weighted by Crippen LogP contribution is 2.19. The molecule has 110 valence electrons. The van der Waals surface area contributed by atoms with Gasteiger partial charge in [0.15, 0.2) is 6.04 Å². The zero-order valence-electron chi connectivity index (χ0n) is 11.4. The third kappa shape index (κ3) is 4.06. The number of carbonyl (C=O) groups is 2. The number of thiophene rings is 1. The molecule has 0 saturated carbocycles. The number of amides is 1. The number of aliphatic carboxylic acids is 1. The number of carbonyl (C=O) groups excluding carboxylic acids is 1. The highest BCUT2D eigenvalue weighted by Gasteiger charge is 2.22. The van der Waals surface area contributed by atoms with Gasteiger partial charge in [-0.1, -0.05) is 18.2 Å². The summed E-state index contributed by atoms with van der Waals surface area (Å²) in [6.07, 6.45) is 0.104. The third-order valence-electron chi connectivity index (χ3n) is 2.88. The molecule has 0 aliphatic rings. The number of methoxy groups -OCH3 is 1. The van der Waals surface area contributed by atoms with Crippen LogP contribution in [0.3, 0.4) is 0 Å². The molecule has 1 heterocycles. The smallest absolute Gasteiger partial charge is 0.331 e. The number of carboxylic acids is 1. The predicted octanol–water partition coefficient (Wildman–Crippen LogP) is 2.24. The molecule has 2 N–H and O–H groups in total. The summed E-state index contributed by atoms with van der Waals surface area (Å²) in [6.45, 7) is 0. The fourth-order valence-electron chi connectivity index (χ4n) is 1.89. The second-order valence-electron chi connectivity index (χ2n) is 4.38. The molecule has 1 aromatic heterocycles. The van der Waals surface area contributed by atoms with Crippen LogP contribution >= 0.6 is 11.3 Å². The van der Waals surface area contributed by atoms with Crippen LogP contribution in [0.4, 0.5) is 0 Å². The number of rotatable bonds is 6. The Morgan fingerprint density at radius 1 is 1.33 bits per heavy atom. The first kappa shape index (κ1) is 15.1. The maximum atomic E-state index is 12.0. The highest BCUT2D eigenvalue weighted by molar-refractivity contribution is 7.10. The summed E-state index contributed by atoms with van der Waals surface area (Å²) in [5, 5.41) is 13.5. The van der Waals surface area contributed by atoms with Crippen molar-refractivity contribution in [3.63, 3.8) is 0 Å². The lowest BCUT2D eigenvalue weighted by Crippen LogP contribution is -2.34. The molecule has 0 radical (unpaired) electrons. The molecule has 6 heteroatoms. The summed E-state index contributed by atoms with van der Waals surface area (Å²) in [6, 6.07) is 9.55. The summed E-state index contributed by atoms with van der Waals surface area (Å²) in [5.41, 5.74) is 0.766. The summed E-state index contributed by atoms with van der Waals surface area (Å²) >= 11 is 1.30. The van der Waals surface area contributed by atoms with E-state index in [4.69, 9.17) is 4.74 Å². The van der Waals surface area contributed by atoms with E-state index in [1.807, 2.05) is 0 Å². The molecule has 0 spiro atoms. The van der Waals surface area contributed by atoms with Crippen molar-refractivity contribution >= 4 is 23.2 Å². The molecule has 2 rings (SSSR count). The Bertz CT molecular complexity index is 624. The van der Waals surface area contributed by atoms with Crippen molar-refractivity contribution in [3.8, 4) is 5.75 Å². The van der Waals surface area contributed by atoms with Crippen molar-refractivity contribution in [2.45, 2.75) is 12.5 Å². The van der Waals surface area contributed by atoms with Crippen LogP contribution in [0.1, 0.15) is 16.5 Å². The molecule has 1 unspecified atom stereocenters. The van der Waals surface area contributed by atoms with E-state index in [9.17, 15) is 14.7 Å². The van der Waals surface area contributed by atoms with Gasteiger partial charge in [-0.05, 0) is 29.1 Å². The first-order valence-corrected chi connectivity index (χ1v) is 7.16. The predicted molar refractivity (Wildman–Crippen MR) is 79.5 cm³/mol. The Hall–Kier alpha value is -2.34. The highest BCUT2D eigenvalue weighted by atomic mass is 32.1. The molecular formula is C15H15NO4S. The van der Waals surface area contributed by atoms with Crippen molar-refractivity contribution in [2.75, 3.05) is 7.11 Å². The van der Waals surface area contributed by atoms with Gasteiger partial charge >= 0.3 is 5.97 Å². The number of ether oxygens (including phenoxy) is 1. The van der Waals surface area contributed by atoms with Gasteiger partial charge in [0.25, 0.3) is 0 Å². The maximum absolute atomic E-state index is 12.0. The molecule has 0 bridgehead atoms. The van der Waals surface area contributed by atoms with Gasteiger partial charge in [0, 0.05) is 4.88 Å². The van der Waals surface area contributed by atoms with Gasteiger partial charge < -0.3 is 15.2 Å². The van der Waals surface area contributed by atoms with Crippen LogP contribution in [0.2, 0.25) is 0 Å². The summed E-state index contributed by atoms with van der Waals surface area (Å²) in [4.78, 5) is 23.9. The van der Waals surface area contributed by atoms with Crippen LogP contribution in [0.5, 0.6) is 5.75 Å². The van der Waals surface area contributed by atoms with E-state index in [2.05, 4.69) is 5.32 Å². The van der Waals surface area contributed by atoms with Crippen LogP contribution < -0.4 is 10.1 Å². The van der Waals surface area contributed by atoms with Gasteiger partial charge in [-0.2, -0.15) is 0 Å². The van der Waals surface area contributed by atoms with E-state index in [0.29, 0.717) is 10.6 Å². The quantitative estimate of drug-likeness (QED) is 0.858. The number of benzene rings is 1. The van der Waals surface area contributed by atoms with Crippen molar-refractivity contribution in [1.29, 1.82) is 0 Å².